The molecule has 8 heteroatoms. The molecule has 2 N–H and O–H groups in total. The molecule has 21 heavy (non-hydrogen) atoms. The summed E-state index contributed by atoms with van der Waals surface area (Å²) in [6, 6.07) is 8.53. The highest BCUT2D eigenvalue weighted by atomic mass is 32.2. The third-order valence-corrected chi connectivity index (χ3v) is 5.52. The van der Waals surface area contributed by atoms with E-state index >= 15 is 0 Å². The Hall–Kier alpha value is -2.19. The van der Waals surface area contributed by atoms with E-state index in [0.29, 0.717) is 16.9 Å². The van der Waals surface area contributed by atoms with Gasteiger partial charge in [0.15, 0.2) is 5.78 Å². The average Bonchev–Trinajstić information content (AvgIpc) is 2.89. The lowest BCUT2D eigenvalue weighted by molar-refractivity contribution is 0.0702. The van der Waals surface area contributed by atoms with Crippen LogP contribution in [0.1, 0.15) is 27.0 Å². The van der Waals surface area contributed by atoms with Crippen LogP contribution in [0, 0.1) is 0 Å². The summed E-state index contributed by atoms with van der Waals surface area (Å²) in [7, 11) is -3.87. The van der Waals surface area contributed by atoms with Crippen molar-refractivity contribution >= 4 is 38.8 Å². The predicted molar refractivity (Wildman–Crippen MR) is 78.5 cm³/mol. The number of sulfonamides is 1. The summed E-state index contributed by atoms with van der Waals surface area (Å²) in [6.45, 7) is 1.38. The number of ketones is 1. The van der Waals surface area contributed by atoms with E-state index < -0.39 is 16.0 Å². The Labute approximate surface area is 125 Å². The quantitative estimate of drug-likeness (QED) is 0.822. The van der Waals surface area contributed by atoms with Crippen LogP contribution >= 0.6 is 11.3 Å². The van der Waals surface area contributed by atoms with Crippen molar-refractivity contribution in [3.8, 4) is 0 Å². The van der Waals surface area contributed by atoms with Crippen LogP contribution in [0.2, 0.25) is 0 Å². The van der Waals surface area contributed by atoms with Gasteiger partial charge in [-0.2, -0.15) is 0 Å². The first-order valence-electron chi connectivity index (χ1n) is 5.76. The topological polar surface area (TPSA) is 101 Å². The molecule has 0 atom stereocenters. The Bertz CT molecular complexity index is 807. The van der Waals surface area contributed by atoms with Gasteiger partial charge >= 0.3 is 5.97 Å². The van der Waals surface area contributed by atoms with E-state index in [-0.39, 0.29) is 20.6 Å². The van der Waals surface area contributed by atoms with Gasteiger partial charge in [0.2, 0.25) is 0 Å². The van der Waals surface area contributed by atoms with Crippen molar-refractivity contribution in [3.05, 3.63) is 46.8 Å². The lowest BCUT2D eigenvalue weighted by Gasteiger charge is -2.07. The second kappa shape index (κ2) is 5.66. The molecule has 0 spiro atoms. The lowest BCUT2D eigenvalue weighted by Crippen LogP contribution is -2.11. The van der Waals surface area contributed by atoms with Crippen LogP contribution in [0.5, 0.6) is 0 Å². The molecule has 1 aromatic carbocycles. The van der Waals surface area contributed by atoms with Gasteiger partial charge in [0.05, 0.1) is 0 Å². The number of carboxylic acids is 1. The number of anilines is 1. The summed E-state index contributed by atoms with van der Waals surface area (Å²) in [5.41, 5.74) is 0.626. The number of hydrogen-bond donors (Lipinski definition) is 2. The van der Waals surface area contributed by atoms with Gasteiger partial charge in [-0.15, -0.1) is 11.3 Å². The Morgan fingerprint density at radius 3 is 2.48 bits per heavy atom. The highest BCUT2D eigenvalue weighted by molar-refractivity contribution is 7.94. The number of hydrogen-bond acceptors (Lipinski definition) is 5. The van der Waals surface area contributed by atoms with Gasteiger partial charge in [-0.25, -0.2) is 13.2 Å². The molecular formula is C13H11NO5S2. The molecule has 1 heterocycles. The molecule has 0 aliphatic rings. The Morgan fingerprint density at radius 2 is 1.90 bits per heavy atom. The molecule has 0 bridgehead atoms. The van der Waals surface area contributed by atoms with Gasteiger partial charge < -0.3 is 5.11 Å². The predicted octanol–water partition coefficient (Wildman–Crippen LogP) is 2.45. The van der Waals surface area contributed by atoms with E-state index in [0.717, 1.165) is 0 Å². The van der Waals surface area contributed by atoms with Gasteiger partial charge in [0.25, 0.3) is 10.0 Å². The normalized spacial score (nSPS) is 11.1. The zero-order valence-electron chi connectivity index (χ0n) is 10.9. The van der Waals surface area contributed by atoms with Gasteiger partial charge in [-0.3, -0.25) is 9.52 Å². The largest absolute Gasteiger partial charge is 0.477 e. The zero-order chi connectivity index (χ0) is 15.6. The minimum Gasteiger partial charge on any atom is -0.477 e. The molecule has 6 nitrogen and oxygen atoms in total. The number of carbonyl (C=O) groups excluding carboxylic acids is 1. The standard InChI is InChI=1S/C13H11NO5S2/c1-8(15)9-3-2-4-10(7-9)14-21(18,19)12-6-5-11(20-12)13(16)17/h2-7,14H,1H3,(H,16,17). The number of carbonyl (C=O) groups is 2. The lowest BCUT2D eigenvalue weighted by atomic mass is 10.1. The van der Waals surface area contributed by atoms with Gasteiger partial charge in [0.1, 0.15) is 9.09 Å². The molecule has 0 aliphatic carbocycles. The second-order valence-corrected chi connectivity index (χ2v) is 7.16. The molecule has 0 fully saturated rings. The number of Topliss-reactive ketones (excluding diaryl/α,β-unsaturated/α-hetero) is 1. The molecule has 2 rings (SSSR count). The van der Waals surface area contributed by atoms with E-state index in [1.165, 1.54) is 31.2 Å². The molecule has 2 aromatic rings. The van der Waals surface area contributed by atoms with Crippen LogP contribution < -0.4 is 4.72 Å². The minimum absolute atomic E-state index is 0.0622. The Balaban J connectivity index is 2.30. The summed E-state index contributed by atoms with van der Waals surface area (Å²) in [6.07, 6.45) is 0. The van der Waals surface area contributed by atoms with Crippen molar-refractivity contribution in [2.75, 3.05) is 4.72 Å². The SMILES string of the molecule is CC(=O)c1cccc(NS(=O)(=O)c2ccc(C(=O)O)s2)c1. The van der Waals surface area contributed by atoms with Crippen molar-refractivity contribution < 1.29 is 23.1 Å². The Kier molecular flexibility index (Phi) is 4.10. The van der Waals surface area contributed by atoms with Gasteiger partial charge in [-0.05, 0) is 31.2 Å². The van der Waals surface area contributed by atoms with E-state index in [4.69, 9.17) is 5.11 Å². The highest BCUT2D eigenvalue weighted by Crippen LogP contribution is 2.24. The Morgan fingerprint density at radius 1 is 1.19 bits per heavy atom. The van der Waals surface area contributed by atoms with E-state index in [1.54, 1.807) is 12.1 Å². The average molecular weight is 325 g/mol. The van der Waals surface area contributed by atoms with Crippen molar-refractivity contribution in [1.82, 2.24) is 0 Å². The molecular weight excluding hydrogens is 314 g/mol. The smallest absolute Gasteiger partial charge is 0.345 e. The maximum atomic E-state index is 12.1. The highest BCUT2D eigenvalue weighted by Gasteiger charge is 2.19. The van der Waals surface area contributed by atoms with E-state index in [1.807, 2.05) is 0 Å². The first-order chi connectivity index (χ1) is 9.79. The third-order valence-electron chi connectivity index (χ3n) is 2.58. The monoisotopic (exact) mass is 325 g/mol. The van der Waals surface area contributed by atoms with Crippen molar-refractivity contribution in [1.29, 1.82) is 0 Å². The number of thiophene rings is 1. The summed E-state index contributed by atoms with van der Waals surface area (Å²) in [4.78, 5) is 22.0. The van der Waals surface area contributed by atoms with Gasteiger partial charge in [-0.1, -0.05) is 12.1 Å². The summed E-state index contributed by atoms with van der Waals surface area (Å²) in [5, 5.41) is 8.81. The fourth-order valence-corrected chi connectivity index (χ4v) is 3.78. The fourth-order valence-electron chi connectivity index (χ4n) is 1.59. The summed E-state index contributed by atoms with van der Waals surface area (Å²) < 4.78 is 26.5. The molecule has 0 saturated carbocycles. The van der Waals surface area contributed by atoms with E-state index in [2.05, 4.69) is 4.72 Å². The molecule has 0 radical (unpaired) electrons. The van der Waals surface area contributed by atoms with Gasteiger partial charge in [0, 0.05) is 11.3 Å². The van der Waals surface area contributed by atoms with Crippen LogP contribution in [0.3, 0.4) is 0 Å². The van der Waals surface area contributed by atoms with Crippen molar-refractivity contribution in [2.24, 2.45) is 0 Å². The maximum absolute atomic E-state index is 12.1. The third kappa shape index (κ3) is 3.47. The summed E-state index contributed by atoms with van der Waals surface area (Å²) >= 11 is 0.661. The number of rotatable bonds is 5. The number of nitrogens with one attached hydrogen (secondary N) is 1. The number of carboxylic acid groups (broad SMARTS) is 1. The molecule has 0 amide bonds. The maximum Gasteiger partial charge on any atom is 0.345 e. The molecule has 1 aromatic heterocycles. The first kappa shape index (κ1) is 15.2. The zero-order valence-corrected chi connectivity index (χ0v) is 12.5. The van der Waals surface area contributed by atoms with Crippen molar-refractivity contribution in [3.63, 3.8) is 0 Å². The first-order valence-corrected chi connectivity index (χ1v) is 8.06. The number of aromatic carboxylic acids is 1. The molecule has 0 unspecified atom stereocenters. The van der Waals surface area contributed by atoms with Crippen LogP contribution in [0.15, 0.2) is 40.6 Å². The number of benzene rings is 1. The summed E-state index contributed by atoms with van der Waals surface area (Å²) in [5.74, 6) is -1.36. The van der Waals surface area contributed by atoms with E-state index in [9.17, 15) is 18.0 Å². The molecule has 0 saturated heterocycles. The van der Waals surface area contributed by atoms with Crippen LogP contribution in [-0.4, -0.2) is 25.3 Å². The fraction of sp³-hybridized carbons (Fsp3) is 0.0769. The second-order valence-electron chi connectivity index (χ2n) is 4.17. The molecule has 0 aliphatic heterocycles. The van der Waals surface area contributed by atoms with Crippen LogP contribution in [0.4, 0.5) is 5.69 Å². The molecule has 110 valence electrons. The van der Waals surface area contributed by atoms with Crippen LogP contribution in [0.25, 0.3) is 0 Å². The van der Waals surface area contributed by atoms with Crippen molar-refractivity contribution in [2.45, 2.75) is 11.1 Å². The van der Waals surface area contributed by atoms with Crippen LogP contribution in [-0.2, 0) is 10.0 Å². The minimum atomic E-state index is -3.87.